The minimum atomic E-state index is -0.428. The van der Waals surface area contributed by atoms with E-state index < -0.39 is 6.09 Å². The van der Waals surface area contributed by atoms with E-state index in [2.05, 4.69) is 12.3 Å². The van der Waals surface area contributed by atoms with E-state index in [1.807, 2.05) is 31.6 Å². The van der Waals surface area contributed by atoms with E-state index in [9.17, 15) is 4.79 Å². The fourth-order valence-corrected chi connectivity index (χ4v) is 3.42. The number of imidazole rings is 1. The van der Waals surface area contributed by atoms with Crippen molar-refractivity contribution in [2.24, 2.45) is 0 Å². The molecule has 2 aromatic rings. The SMILES string of the molecule is CCN(C(=O)OC)c1ccc2c(n1)/C(=C/c1c[n]([Tl])cn1)CCO2. The third kappa shape index (κ3) is 3.45. The predicted octanol–water partition coefficient (Wildman–Crippen LogP) is 2.13. The number of hydrogen-bond acceptors (Lipinski definition) is 5. The summed E-state index contributed by atoms with van der Waals surface area (Å²) < 4.78 is 12.6. The summed E-state index contributed by atoms with van der Waals surface area (Å²) in [6.45, 7) is 2.96. The molecule has 0 N–H and O–H groups in total. The van der Waals surface area contributed by atoms with Crippen LogP contribution in [0.4, 0.5) is 10.6 Å². The van der Waals surface area contributed by atoms with Crippen LogP contribution < -0.4 is 9.64 Å². The molecule has 2 aromatic heterocycles. The summed E-state index contributed by atoms with van der Waals surface area (Å²) in [4.78, 5) is 22.4. The van der Waals surface area contributed by atoms with Gasteiger partial charge in [-0.1, -0.05) is 0 Å². The molecule has 3 heterocycles. The second-order valence-electron chi connectivity index (χ2n) is 5.24. The van der Waals surface area contributed by atoms with E-state index in [0.717, 1.165) is 29.1 Å². The van der Waals surface area contributed by atoms with Crippen LogP contribution in [0.25, 0.3) is 11.6 Å². The van der Waals surface area contributed by atoms with Crippen molar-refractivity contribution in [2.45, 2.75) is 13.3 Å². The number of amides is 1. The van der Waals surface area contributed by atoms with Gasteiger partial charge in [-0.25, -0.2) is 0 Å². The number of fused-ring (bicyclic) bond motifs is 1. The summed E-state index contributed by atoms with van der Waals surface area (Å²) >= 11 is 0.694. The molecular formula is C16H17N4O3Tl. The molecule has 0 aromatic carbocycles. The Kier molecular flexibility index (Phi) is 5.17. The van der Waals surface area contributed by atoms with Gasteiger partial charge >= 0.3 is 157 Å². The molecule has 0 spiro atoms. The van der Waals surface area contributed by atoms with Crippen LogP contribution in [0, 0.1) is 0 Å². The summed E-state index contributed by atoms with van der Waals surface area (Å²) in [6.07, 6.45) is 6.21. The number of nitrogens with zero attached hydrogens (tertiary/aromatic N) is 4. The number of aromatic nitrogens is 3. The molecule has 0 bridgehead atoms. The zero-order chi connectivity index (χ0) is 17.1. The van der Waals surface area contributed by atoms with Crippen LogP contribution in [0.2, 0.25) is 0 Å². The van der Waals surface area contributed by atoms with Crippen molar-refractivity contribution in [3.05, 3.63) is 36.0 Å². The Morgan fingerprint density at radius 3 is 3.04 bits per heavy atom. The number of ether oxygens (including phenoxy) is 2. The van der Waals surface area contributed by atoms with Crippen molar-refractivity contribution in [3.63, 3.8) is 0 Å². The van der Waals surface area contributed by atoms with Gasteiger partial charge in [0, 0.05) is 0 Å². The van der Waals surface area contributed by atoms with Crippen LogP contribution in [0.1, 0.15) is 24.7 Å². The number of carbonyl (C=O) groups excluding carboxylic acids is 1. The number of anilines is 1. The fraction of sp³-hybridized carbons (Fsp3) is 0.312. The number of methoxy groups -OCH3 is 1. The Morgan fingerprint density at radius 2 is 2.38 bits per heavy atom. The van der Waals surface area contributed by atoms with Crippen LogP contribution in [0.5, 0.6) is 5.75 Å². The van der Waals surface area contributed by atoms with E-state index in [1.54, 1.807) is 6.07 Å². The number of pyridine rings is 1. The topological polar surface area (TPSA) is 69.5 Å². The molecule has 7 nitrogen and oxygen atoms in total. The van der Waals surface area contributed by atoms with Crippen LogP contribution in [-0.2, 0) is 4.74 Å². The van der Waals surface area contributed by atoms with E-state index in [-0.39, 0.29) is 0 Å². The molecule has 0 unspecified atom stereocenters. The van der Waals surface area contributed by atoms with Gasteiger partial charge in [0.25, 0.3) is 0 Å². The van der Waals surface area contributed by atoms with Gasteiger partial charge < -0.3 is 0 Å². The monoisotopic (exact) mass is 518 g/mol. The summed E-state index contributed by atoms with van der Waals surface area (Å²) in [7, 11) is 1.36. The Bertz CT molecular complexity index is 787. The second kappa shape index (κ2) is 7.33. The minimum absolute atomic E-state index is 0.428. The Hall–Kier alpha value is -1.91. The molecule has 1 aliphatic rings. The zero-order valence-electron chi connectivity index (χ0n) is 13.6. The average molecular weight is 518 g/mol. The van der Waals surface area contributed by atoms with Crippen molar-refractivity contribution in [2.75, 3.05) is 25.2 Å². The molecule has 122 valence electrons. The summed E-state index contributed by atoms with van der Waals surface area (Å²) in [5.74, 6) is 1.28. The summed E-state index contributed by atoms with van der Waals surface area (Å²) in [6, 6.07) is 3.62. The maximum absolute atomic E-state index is 11.9. The van der Waals surface area contributed by atoms with Crippen LogP contribution >= 0.6 is 0 Å². The Morgan fingerprint density at radius 1 is 1.54 bits per heavy atom. The van der Waals surface area contributed by atoms with E-state index >= 15 is 0 Å². The molecule has 0 fully saturated rings. The van der Waals surface area contributed by atoms with Gasteiger partial charge in [-0.05, 0) is 0 Å². The molecule has 0 saturated carbocycles. The molecule has 1 aliphatic heterocycles. The normalized spacial score (nSPS) is 14.8. The van der Waals surface area contributed by atoms with Gasteiger partial charge in [0.1, 0.15) is 0 Å². The van der Waals surface area contributed by atoms with E-state index in [1.165, 1.54) is 12.0 Å². The van der Waals surface area contributed by atoms with Gasteiger partial charge in [-0.3, -0.25) is 0 Å². The molecule has 24 heavy (non-hydrogen) atoms. The molecule has 3 rings (SSSR count). The molecule has 0 aliphatic carbocycles. The van der Waals surface area contributed by atoms with Crippen molar-refractivity contribution in [1.82, 2.24) is 12.3 Å². The predicted molar refractivity (Wildman–Crippen MR) is 91.0 cm³/mol. The van der Waals surface area contributed by atoms with Crippen molar-refractivity contribution in [3.8, 4) is 5.75 Å². The second-order valence-corrected chi connectivity index (χ2v) is 7.56. The first kappa shape index (κ1) is 16.9. The average Bonchev–Trinajstić information content (AvgIpc) is 3.00. The maximum atomic E-state index is 11.9. The fourth-order valence-electron chi connectivity index (χ4n) is 2.56. The quantitative estimate of drug-likeness (QED) is 0.584. The Balaban J connectivity index is 2.01. The van der Waals surface area contributed by atoms with Gasteiger partial charge in [-0.2, -0.15) is 0 Å². The number of rotatable bonds is 3. The van der Waals surface area contributed by atoms with E-state index in [4.69, 9.17) is 9.47 Å². The number of carbonyl (C=O) groups is 1. The molecular weight excluding hydrogens is 501 g/mol. The third-order valence-electron chi connectivity index (χ3n) is 3.71. The molecule has 0 radical (unpaired) electrons. The summed E-state index contributed by atoms with van der Waals surface area (Å²) in [5.41, 5.74) is 2.72. The molecule has 0 saturated heterocycles. The molecule has 0 atom stereocenters. The first-order chi connectivity index (χ1) is 11.6. The van der Waals surface area contributed by atoms with Crippen molar-refractivity contribution < 1.29 is 14.3 Å². The van der Waals surface area contributed by atoms with Gasteiger partial charge in [0.05, 0.1) is 0 Å². The Labute approximate surface area is 156 Å². The van der Waals surface area contributed by atoms with Gasteiger partial charge in [0.2, 0.25) is 0 Å². The zero-order valence-corrected chi connectivity index (χ0v) is 18.1. The first-order valence-corrected chi connectivity index (χ1v) is 9.62. The number of hydrogen-bond donors (Lipinski definition) is 0. The first-order valence-electron chi connectivity index (χ1n) is 7.61. The van der Waals surface area contributed by atoms with Crippen molar-refractivity contribution >= 4 is 49.6 Å². The van der Waals surface area contributed by atoms with Crippen molar-refractivity contribution in [1.29, 1.82) is 0 Å². The van der Waals surface area contributed by atoms with Gasteiger partial charge in [-0.15, -0.1) is 0 Å². The van der Waals surface area contributed by atoms with Crippen LogP contribution in [-0.4, -0.2) is 64.8 Å². The van der Waals surface area contributed by atoms with Gasteiger partial charge in [0.15, 0.2) is 0 Å². The third-order valence-corrected chi connectivity index (χ3v) is 4.81. The summed E-state index contributed by atoms with van der Waals surface area (Å²) in [5, 5.41) is 0. The van der Waals surface area contributed by atoms with Crippen LogP contribution in [0.3, 0.4) is 0 Å². The van der Waals surface area contributed by atoms with E-state index in [0.29, 0.717) is 45.0 Å². The standard InChI is InChI=1S/C16H17N4O3.Tl/c1-3-20(16(21)22-2)14-5-4-13-15(19-14)11(6-7-23-13)8-12-9-17-10-18-12;/h4-5,8-10H,3,6-7H2,1-2H3;/q-1;+1. The molecule has 1 amide bonds. The molecule has 8 heteroatoms. The van der Waals surface area contributed by atoms with Crippen LogP contribution in [0.15, 0.2) is 24.7 Å².